The third-order valence-corrected chi connectivity index (χ3v) is 2.53. The van der Waals surface area contributed by atoms with Crippen LogP contribution in [0, 0.1) is 6.92 Å². The van der Waals surface area contributed by atoms with Gasteiger partial charge in [-0.3, -0.25) is 4.79 Å². The lowest BCUT2D eigenvalue weighted by molar-refractivity contribution is 0.112. The molecular weight excluding hydrogens is 236 g/mol. The van der Waals surface area contributed by atoms with Crippen molar-refractivity contribution in [3.05, 3.63) is 52.8 Å². The van der Waals surface area contributed by atoms with E-state index in [0.717, 1.165) is 17.5 Å². The van der Waals surface area contributed by atoms with E-state index in [1.165, 1.54) is 6.20 Å². The Morgan fingerprint density at radius 2 is 2.18 bits per heavy atom. The molecule has 0 spiro atoms. The Labute approximate surface area is 104 Å². The first-order valence-corrected chi connectivity index (χ1v) is 5.51. The van der Waals surface area contributed by atoms with Crippen LogP contribution >= 0.6 is 11.6 Å². The van der Waals surface area contributed by atoms with Crippen LogP contribution in [-0.2, 0) is 0 Å². The fraction of sp³-hybridized carbons (Fsp3) is 0.0769. The third-order valence-electron chi connectivity index (χ3n) is 2.33. The lowest BCUT2D eigenvalue weighted by Gasteiger charge is -2.09. The van der Waals surface area contributed by atoms with Crippen molar-refractivity contribution < 1.29 is 4.79 Å². The number of carbonyl (C=O) groups excluding carboxylic acids is 1. The van der Waals surface area contributed by atoms with Gasteiger partial charge in [0.15, 0.2) is 6.29 Å². The summed E-state index contributed by atoms with van der Waals surface area (Å²) in [7, 11) is 0. The molecule has 17 heavy (non-hydrogen) atoms. The molecule has 1 heterocycles. The van der Waals surface area contributed by atoms with E-state index in [2.05, 4.69) is 10.3 Å². The van der Waals surface area contributed by atoms with Crippen molar-refractivity contribution in [1.82, 2.24) is 4.98 Å². The summed E-state index contributed by atoms with van der Waals surface area (Å²) in [6, 6.07) is 9.50. The summed E-state index contributed by atoms with van der Waals surface area (Å²) in [5.74, 6) is 0. The summed E-state index contributed by atoms with van der Waals surface area (Å²) >= 11 is 5.80. The maximum absolute atomic E-state index is 10.9. The quantitative estimate of drug-likeness (QED) is 0.665. The highest BCUT2D eigenvalue weighted by atomic mass is 35.5. The lowest BCUT2D eigenvalue weighted by Crippen LogP contribution is -1.96. The third kappa shape index (κ3) is 2.82. The number of anilines is 2. The highest BCUT2D eigenvalue weighted by molar-refractivity contribution is 6.29. The van der Waals surface area contributed by atoms with Crippen LogP contribution in [0.5, 0.6) is 0 Å². The van der Waals surface area contributed by atoms with Gasteiger partial charge < -0.3 is 5.32 Å². The van der Waals surface area contributed by atoms with E-state index in [9.17, 15) is 4.79 Å². The average Bonchev–Trinajstić information content (AvgIpc) is 2.29. The van der Waals surface area contributed by atoms with Crippen LogP contribution in [0.15, 0.2) is 36.5 Å². The number of hydrogen-bond acceptors (Lipinski definition) is 3. The van der Waals surface area contributed by atoms with Crippen LogP contribution in [0.3, 0.4) is 0 Å². The maximum atomic E-state index is 10.9. The van der Waals surface area contributed by atoms with Gasteiger partial charge in [0, 0.05) is 11.9 Å². The van der Waals surface area contributed by atoms with E-state index in [4.69, 9.17) is 11.6 Å². The van der Waals surface area contributed by atoms with Crippen molar-refractivity contribution in [2.45, 2.75) is 6.92 Å². The van der Waals surface area contributed by atoms with Crippen molar-refractivity contribution in [3.63, 3.8) is 0 Å². The summed E-state index contributed by atoms with van der Waals surface area (Å²) in [5.41, 5.74) is 3.19. The number of hydrogen-bond donors (Lipinski definition) is 1. The van der Waals surface area contributed by atoms with E-state index in [0.29, 0.717) is 16.4 Å². The minimum Gasteiger partial charge on any atom is -0.355 e. The van der Waals surface area contributed by atoms with E-state index in [1.54, 1.807) is 6.07 Å². The van der Waals surface area contributed by atoms with Crippen LogP contribution in [0.4, 0.5) is 11.4 Å². The summed E-state index contributed by atoms with van der Waals surface area (Å²) < 4.78 is 0. The van der Waals surface area contributed by atoms with Crippen LogP contribution in [0.1, 0.15) is 15.9 Å². The Bertz CT molecular complexity index is 555. The number of pyridine rings is 1. The summed E-state index contributed by atoms with van der Waals surface area (Å²) in [5, 5.41) is 3.50. The Balaban J connectivity index is 2.35. The van der Waals surface area contributed by atoms with E-state index >= 15 is 0 Å². The molecule has 0 aliphatic carbocycles. The molecule has 0 saturated carbocycles. The molecule has 0 unspecified atom stereocenters. The van der Waals surface area contributed by atoms with Crippen molar-refractivity contribution in [3.8, 4) is 0 Å². The monoisotopic (exact) mass is 246 g/mol. The number of carbonyl (C=O) groups is 1. The van der Waals surface area contributed by atoms with Crippen molar-refractivity contribution in [1.29, 1.82) is 0 Å². The molecule has 2 rings (SSSR count). The molecule has 0 aliphatic heterocycles. The zero-order valence-corrected chi connectivity index (χ0v) is 10.0. The van der Waals surface area contributed by atoms with Gasteiger partial charge in [0.2, 0.25) is 0 Å². The van der Waals surface area contributed by atoms with Crippen LogP contribution < -0.4 is 5.32 Å². The fourth-order valence-corrected chi connectivity index (χ4v) is 1.68. The molecule has 0 atom stereocenters. The number of rotatable bonds is 3. The first kappa shape index (κ1) is 11.6. The number of nitrogens with one attached hydrogen (secondary N) is 1. The molecule has 1 aromatic carbocycles. The lowest BCUT2D eigenvalue weighted by atomic mass is 10.2. The number of aromatic nitrogens is 1. The Kier molecular flexibility index (Phi) is 3.40. The zero-order valence-electron chi connectivity index (χ0n) is 9.27. The number of halogens is 1. The second-order valence-electron chi connectivity index (χ2n) is 3.71. The standard InChI is InChI=1S/C13H11ClN2O/c1-9-3-2-4-11(5-9)16-12-6-13(14)15-7-10(12)8-17/h2-8H,1H3,(H,15,16). The largest absolute Gasteiger partial charge is 0.355 e. The minimum atomic E-state index is 0.353. The molecule has 1 N–H and O–H groups in total. The molecule has 0 bridgehead atoms. The van der Waals surface area contributed by atoms with Crippen LogP contribution in [0.25, 0.3) is 0 Å². The van der Waals surface area contributed by atoms with Crippen molar-refractivity contribution >= 4 is 29.3 Å². The molecule has 4 heteroatoms. The fourth-order valence-electron chi connectivity index (χ4n) is 1.52. The highest BCUT2D eigenvalue weighted by Gasteiger charge is 2.04. The molecular formula is C13H11ClN2O. The maximum Gasteiger partial charge on any atom is 0.153 e. The summed E-state index contributed by atoms with van der Waals surface area (Å²) in [4.78, 5) is 14.7. The van der Waals surface area contributed by atoms with Gasteiger partial charge in [-0.05, 0) is 30.7 Å². The van der Waals surface area contributed by atoms with Gasteiger partial charge in [0.1, 0.15) is 5.15 Å². The van der Waals surface area contributed by atoms with Crippen LogP contribution in [0.2, 0.25) is 5.15 Å². The number of aryl methyl sites for hydroxylation is 1. The molecule has 0 aliphatic rings. The Morgan fingerprint density at radius 3 is 2.88 bits per heavy atom. The normalized spacial score (nSPS) is 10.0. The smallest absolute Gasteiger partial charge is 0.153 e. The van der Waals surface area contributed by atoms with Gasteiger partial charge >= 0.3 is 0 Å². The molecule has 0 saturated heterocycles. The van der Waals surface area contributed by atoms with E-state index in [-0.39, 0.29) is 0 Å². The van der Waals surface area contributed by atoms with Gasteiger partial charge in [-0.15, -0.1) is 0 Å². The Hall–Kier alpha value is -1.87. The molecule has 1 aromatic heterocycles. The average molecular weight is 247 g/mol. The zero-order chi connectivity index (χ0) is 12.3. The van der Waals surface area contributed by atoms with Crippen molar-refractivity contribution in [2.75, 3.05) is 5.32 Å². The van der Waals surface area contributed by atoms with Gasteiger partial charge in [0.25, 0.3) is 0 Å². The molecule has 2 aromatic rings. The number of benzene rings is 1. The SMILES string of the molecule is Cc1cccc(Nc2cc(Cl)ncc2C=O)c1. The second-order valence-corrected chi connectivity index (χ2v) is 4.09. The first-order chi connectivity index (χ1) is 8.19. The molecule has 0 radical (unpaired) electrons. The predicted molar refractivity (Wildman–Crippen MR) is 69.1 cm³/mol. The second kappa shape index (κ2) is 4.97. The van der Waals surface area contributed by atoms with Gasteiger partial charge in [-0.2, -0.15) is 0 Å². The Morgan fingerprint density at radius 1 is 1.35 bits per heavy atom. The molecule has 86 valence electrons. The molecule has 0 amide bonds. The summed E-state index contributed by atoms with van der Waals surface area (Å²) in [6.07, 6.45) is 2.20. The summed E-state index contributed by atoms with van der Waals surface area (Å²) in [6.45, 7) is 2.01. The van der Waals surface area contributed by atoms with Gasteiger partial charge in [-0.1, -0.05) is 23.7 Å². The molecule has 3 nitrogen and oxygen atoms in total. The predicted octanol–water partition coefficient (Wildman–Crippen LogP) is 3.60. The first-order valence-electron chi connectivity index (χ1n) is 5.13. The van der Waals surface area contributed by atoms with E-state index < -0.39 is 0 Å². The minimum absolute atomic E-state index is 0.353. The topological polar surface area (TPSA) is 42.0 Å². The highest BCUT2D eigenvalue weighted by Crippen LogP contribution is 2.22. The number of nitrogens with zero attached hydrogens (tertiary/aromatic N) is 1. The van der Waals surface area contributed by atoms with E-state index in [1.807, 2.05) is 31.2 Å². The molecule has 0 fully saturated rings. The van der Waals surface area contributed by atoms with Crippen molar-refractivity contribution in [2.24, 2.45) is 0 Å². The van der Waals surface area contributed by atoms with Crippen LogP contribution in [-0.4, -0.2) is 11.3 Å². The van der Waals surface area contributed by atoms with Gasteiger partial charge in [-0.25, -0.2) is 4.98 Å². The number of aldehydes is 1. The van der Waals surface area contributed by atoms with Gasteiger partial charge in [0.05, 0.1) is 11.3 Å².